The standard InChI is InChI=1S/C14H12N2OS/c1-17-14-9-16-13(7-11(14)8-15)10-3-5-12(18-2)6-4-10/h3-7,9H,1-2H3. The Morgan fingerprint density at radius 1 is 1.28 bits per heavy atom. The van der Waals surface area contributed by atoms with Gasteiger partial charge in [0.2, 0.25) is 0 Å². The lowest BCUT2D eigenvalue weighted by Crippen LogP contribution is -1.91. The molecule has 3 nitrogen and oxygen atoms in total. The van der Waals surface area contributed by atoms with E-state index in [1.54, 1.807) is 24.0 Å². The van der Waals surface area contributed by atoms with E-state index in [-0.39, 0.29) is 0 Å². The van der Waals surface area contributed by atoms with E-state index in [0.717, 1.165) is 11.3 Å². The van der Waals surface area contributed by atoms with Crippen LogP contribution in [-0.2, 0) is 0 Å². The van der Waals surface area contributed by atoms with Crippen LogP contribution in [0.2, 0.25) is 0 Å². The number of ether oxygens (including phenoxy) is 1. The highest BCUT2D eigenvalue weighted by molar-refractivity contribution is 7.98. The minimum Gasteiger partial charge on any atom is -0.494 e. The number of benzene rings is 1. The van der Waals surface area contributed by atoms with Crippen molar-refractivity contribution in [3.05, 3.63) is 42.1 Å². The molecule has 0 aliphatic rings. The maximum absolute atomic E-state index is 9.04. The second kappa shape index (κ2) is 5.56. The molecule has 2 rings (SSSR count). The van der Waals surface area contributed by atoms with Gasteiger partial charge in [0.15, 0.2) is 5.75 Å². The van der Waals surface area contributed by atoms with E-state index in [4.69, 9.17) is 10.00 Å². The second-order valence-corrected chi connectivity index (χ2v) is 4.49. The smallest absolute Gasteiger partial charge is 0.154 e. The van der Waals surface area contributed by atoms with Gasteiger partial charge in [-0.1, -0.05) is 12.1 Å². The molecular formula is C14H12N2OS. The molecule has 0 unspecified atom stereocenters. The van der Waals surface area contributed by atoms with Crippen molar-refractivity contribution < 1.29 is 4.74 Å². The normalized spacial score (nSPS) is 9.83. The molecule has 1 aromatic heterocycles. The lowest BCUT2D eigenvalue weighted by atomic mass is 10.1. The minimum absolute atomic E-state index is 0.497. The Kier molecular flexibility index (Phi) is 3.85. The molecule has 4 heteroatoms. The van der Waals surface area contributed by atoms with Crippen LogP contribution in [-0.4, -0.2) is 18.3 Å². The largest absolute Gasteiger partial charge is 0.494 e. The zero-order valence-corrected chi connectivity index (χ0v) is 11.0. The van der Waals surface area contributed by atoms with Crippen LogP contribution in [0, 0.1) is 11.3 Å². The molecule has 0 saturated heterocycles. The third kappa shape index (κ3) is 2.47. The number of nitriles is 1. The van der Waals surface area contributed by atoms with Crippen molar-refractivity contribution in [2.45, 2.75) is 4.90 Å². The number of hydrogen-bond donors (Lipinski definition) is 0. The van der Waals surface area contributed by atoms with Gasteiger partial charge in [0, 0.05) is 10.5 Å². The first-order chi connectivity index (χ1) is 8.78. The van der Waals surface area contributed by atoms with Crippen molar-refractivity contribution in [2.24, 2.45) is 0 Å². The Balaban J connectivity index is 2.41. The fraction of sp³-hybridized carbons (Fsp3) is 0.143. The Hall–Kier alpha value is -1.99. The van der Waals surface area contributed by atoms with Crippen LogP contribution in [0.15, 0.2) is 41.4 Å². The Morgan fingerprint density at radius 2 is 2.00 bits per heavy atom. The number of hydrogen-bond acceptors (Lipinski definition) is 4. The molecule has 90 valence electrons. The summed E-state index contributed by atoms with van der Waals surface area (Å²) in [6.45, 7) is 0. The summed E-state index contributed by atoms with van der Waals surface area (Å²) in [7, 11) is 1.53. The predicted octanol–water partition coefficient (Wildman–Crippen LogP) is 3.35. The molecule has 0 aliphatic carbocycles. The van der Waals surface area contributed by atoms with Crippen LogP contribution in [0.5, 0.6) is 5.75 Å². The van der Waals surface area contributed by atoms with Crippen molar-refractivity contribution in [1.29, 1.82) is 5.26 Å². The summed E-state index contributed by atoms with van der Waals surface area (Å²) in [6.07, 6.45) is 3.62. The zero-order chi connectivity index (χ0) is 13.0. The summed E-state index contributed by atoms with van der Waals surface area (Å²) in [5, 5.41) is 9.04. The average molecular weight is 256 g/mol. The number of rotatable bonds is 3. The van der Waals surface area contributed by atoms with Gasteiger partial charge in [-0.2, -0.15) is 5.26 Å². The number of methoxy groups -OCH3 is 1. The maximum Gasteiger partial charge on any atom is 0.154 e. The monoisotopic (exact) mass is 256 g/mol. The average Bonchev–Trinajstić information content (AvgIpc) is 2.46. The Labute approximate surface area is 110 Å². The van der Waals surface area contributed by atoms with Crippen LogP contribution in [0.4, 0.5) is 0 Å². The van der Waals surface area contributed by atoms with Gasteiger partial charge >= 0.3 is 0 Å². The molecule has 0 radical (unpaired) electrons. The predicted molar refractivity (Wildman–Crippen MR) is 72.7 cm³/mol. The first-order valence-electron chi connectivity index (χ1n) is 5.37. The van der Waals surface area contributed by atoms with Crippen LogP contribution in [0.1, 0.15) is 5.56 Å². The van der Waals surface area contributed by atoms with Gasteiger partial charge in [0.1, 0.15) is 6.07 Å². The molecule has 0 saturated carbocycles. The van der Waals surface area contributed by atoms with Crippen molar-refractivity contribution in [2.75, 3.05) is 13.4 Å². The zero-order valence-electron chi connectivity index (χ0n) is 10.2. The molecule has 0 bridgehead atoms. The second-order valence-electron chi connectivity index (χ2n) is 3.61. The van der Waals surface area contributed by atoms with Crippen LogP contribution >= 0.6 is 11.8 Å². The quantitative estimate of drug-likeness (QED) is 0.790. The Morgan fingerprint density at radius 3 is 2.56 bits per heavy atom. The van der Waals surface area contributed by atoms with Crippen molar-refractivity contribution in [1.82, 2.24) is 4.98 Å². The summed E-state index contributed by atoms with van der Waals surface area (Å²) >= 11 is 1.69. The van der Waals surface area contributed by atoms with Gasteiger partial charge in [0.25, 0.3) is 0 Å². The molecule has 0 N–H and O–H groups in total. The van der Waals surface area contributed by atoms with Crippen molar-refractivity contribution >= 4 is 11.8 Å². The molecular weight excluding hydrogens is 244 g/mol. The summed E-state index contributed by atoms with van der Waals surface area (Å²) in [5.74, 6) is 0.502. The van der Waals surface area contributed by atoms with Crippen LogP contribution in [0.25, 0.3) is 11.3 Å². The van der Waals surface area contributed by atoms with Crippen molar-refractivity contribution in [3.63, 3.8) is 0 Å². The third-order valence-corrected chi connectivity index (χ3v) is 3.34. The third-order valence-electron chi connectivity index (χ3n) is 2.59. The van der Waals surface area contributed by atoms with E-state index in [0.29, 0.717) is 11.3 Å². The van der Waals surface area contributed by atoms with Crippen LogP contribution < -0.4 is 4.74 Å². The highest BCUT2D eigenvalue weighted by Crippen LogP contribution is 2.25. The highest BCUT2D eigenvalue weighted by Gasteiger charge is 2.06. The maximum atomic E-state index is 9.04. The molecule has 0 fully saturated rings. The van der Waals surface area contributed by atoms with E-state index in [1.807, 2.05) is 30.5 Å². The molecule has 1 aromatic carbocycles. The lowest BCUT2D eigenvalue weighted by Gasteiger charge is -2.05. The molecule has 0 aliphatic heterocycles. The molecule has 0 atom stereocenters. The van der Waals surface area contributed by atoms with Crippen LogP contribution in [0.3, 0.4) is 0 Å². The summed E-state index contributed by atoms with van der Waals surface area (Å²) in [6, 6.07) is 11.9. The van der Waals surface area contributed by atoms with E-state index >= 15 is 0 Å². The fourth-order valence-corrected chi connectivity index (χ4v) is 2.02. The van der Waals surface area contributed by atoms with Gasteiger partial charge in [-0.25, -0.2) is 0 Å². The number of nitrogens with zero attached hydrogens (tertiary/aromatic N) is 2. The summed E-state index contributed by atoms with van der Waals surface area (Å²) in [4.78, 5) is 5.50. The number of pyridine rings is 1. The van der Waals surface area contributed by atoms with Gasteiger partial charge in [-0.15, -0.1) is 11.8 Å². The minimum atomic E-state index is 0.497. The van der Waals surface area contributed by atoms with E-state index in [1.165, 1.54) is 12.0 Å². The number of thioether (sulfide) groups is 1. The van der Waals surface area contributed by atoms with E-state index in [9.17, 15) is 0 Å². The SMILES string of the molecule is COc1cnc(-c2ccc(SC)cc2)cc1C#N. The molecule has 1 heterocycles. The molecule has 18 heavy (non-hydrogen) atoms. The molecule has 2 aromatic rings. The van der Waals surface area contributed by atoms with Gasteiger partial charge in [-0.3, -0.25) is 4.98 Å². The first kappa shape index (κ1) is 12.5. The highest BCUT2D eigenvalue weighted by atomic mass is 32.2. The van der Waals surface area contributed by atoms with Gasteiger partial charge < -0.3 is 4.74 Å². The lowest BCUT2D eigenvalue weighted by molar-refractivity contribution is 0.411. The first-order valence-corrected chi connectivity index (χ1v) is 6.59. The molecule has 0 spiro atoms. The number of aromatic nitrogens is 1. The topological polar surface area (TPSA) is 45.9 Å². The fourth-order valence-electron chi connectivity index (χ4n) is 1.61. The molecule has 0 amide bonds. The van der Waals surface area contributed by atoms with E-state index in [2.05, 4.69) is 11.1 Å². The summed E-state index contributed by atoms with van der Waals surface area (Å²) in [5.41, 5.74) is 2.27. The van der Waals surface area contributed by atoms with E-state index < -0.39 is 0 Å². The summed E-state index contributed by atoms with van der Waals surface area (Å²) < 4.78 is 5.08. The van der Waals surface area contributed by atoms with Gasteiger partial charge in [0.05, 0.1) is 24.6 Å². The Bertz CT molecular complexity index is 588. The van der Waals surface area contributed by atoms with Crippen molar-refractivity contribution in [3.8, 4) is 23.1 Å². The van der Waals surface area contributed by atoms with Gasteiger partial charge in [-0.05, 0) is 24.5 Å².